The number of benzene rings is 1. The Labute approximate surface area is 120 Å². The third kappa shape index (κ3) is 3.11. The Balaban J connectivity index is 2.26. The van der Waals surface area contributed by atoms with Crippen LogP contribution in [0.15, 0.2) is 35.7 Å². The summed E-state index contributed by atoms with van der Waals surface area (Å²) in [7, 11) is 3.19. The molecule has 1 heterocycles. The lowest BCUT2D eigenvalue weighted by Gasteiger charge is -2.11. The van der Waals surface area contributed by atoms with Crippen LogP contribution in [-0.2, 0) is 7.05 Å². The molecule has 1 amide bonds. The number of aromatic nitrogens is 2. The van der Waals surface area contributed by atoms with Crippen LogP contribution in [0, 0.1) is 0 Å². The molecule has 0 saturated carbocycles. The molecule has 110 valence electrons. The van der Waals surface area contributed by atoms with Crippen molar-refractivity contribution in [3.8, 4) is 5.75 Å². The van der Waals surface area contributed by atoms with E-state index in [-0.39, 0.29) is 11.7 Å². The Morgan fingerprint density at radius 2 is 2.24 bits per heavy atom. The minimum atomic E-state index is -0.307. The number of amidine groups is 1. The van der Waals surface area contributed by atoms with Crippen LogP contribution in [0.25, 0.3) is 0 Å². The maximum atomic E-state index is 12.1. The summed E-state index contributed by atoms with van der Waals surface area (Å²) in [6.45, 7) is 0. The number of hydrogen-bond acceptors (Lipinski definition) is 5. The number of amides is 1. The van der Waals surface area contributed by atoms with Crippen LogP contribution < -0.4 is 15.8 Å². The van der Waals surface area contributed by atoms with E-state index < -0.39 is 0 Å². The van der Waals surface area contributed by atoms with E-state index in [1.54, 1.807) is 31.4 Å². The van der Waals surface area contributed by atoms with Crippen LogP contribution in [0.5, 0.6) is 5.75 Å². The predicted molar refractivity (Wildman–Crippen MR) is 76.7 cm³/mol. The van der Waals surface area contributed by atoms with Gasteiger partial charge in [-0.25, -0.2) is 0 Å². The Kier molecular flexibility index (Phi) is 4.07. The number of anilines is 1. The van der Waals surface area contributed by atoms with Gasteiger partial charge in [0.2, 0.25) is 0 Å². The van der Waals surface area contributed by atoms with Crippen molar-refractivity contribution in [2.75, 3.05) is 12.4 Å². The van der Waals surface area contributed by atoms with Crippen molar-refractivity contribution in [3.05, 3.63) is 41.7 Å². The molecule has 1 aromatic heterocycles. The van der Waals surface area contributed by atoms with E-state index in [4.69, 9.17) is 15.7 Å². The van der Waals surface area contributed by atoms with Crippen LogP contribution >= 0.6 is 0 Å². The van der Waals surface area contributed by atoms with E-state index in [0.29, 0.717) is 22.6 Å². The summed E-state index contributed by atoms with van der Waals surface area (Å²) in [5.41, 5.74) is 6.89. The molecule has 8 nitrogen and oxygen atoms in total. The van der Waals surface area contributed by atoms with Crippen molar-refractivity contribution in [2.24, 2.45) is 17.9 Å². The summed E-state index contributed by atoms with van der Waals surface area (Å²) in [5.74, 6) is 0.0488. The molecule has 2 rings (SSSR count). The summed E-state index contributed by atoms with van der Waals surface area (Å²) in [6, 6.07) is 4.78. The van der Waals surface area contributed by atoms with Crippen LogP contribution in [0.2, 0.25) is 0 Å². The number of aryl methyl sites for hydroxylation is 1. The van der Waals surface area contributed by atoms with Gasteiger partial charge in [-0.15, -0.1) is 0 Å². The van der Waals surface area contributed by atoms with Crippen LogP contribution in [-0.4, -0.2) is 33.8 Å². The second-order valence-electron chi connectivity index (χ2n) is 4.26. The summed E-state index contributed by atoms with van der Waals surface area (Å²) in [4.78, 5) is 12.1. The predicted octanol–water partition coefficient (Wildman–Crippen LogP) is 0.775. The van der Waals surface area contributed by atoms with Gasteiger partial charge in [0.25, 0.3) is 5.91 Å². The van der Waals surface area contributed by atoms with Gasteiger partial charge < -0.3 is 21.0 Å². The number of nitrogens with zero attached hydrogens (tertiary/aromatic N) is 3. The molecule has 0 unspecified atom stereocenters. The summed E-state index contributed by atoms with van der Waals surface area (Å²) in [6.07, 6.45) is 3.07. The molecule has 21 heavy (non-hydrogen) atoms. The zero-order valence-corrected chi connectivity index (χ0v) is 11.6. The van der Waals surface area contributed by atoms with Crippen molar-refractivity contribution in [3.63, 3.8) is 0 Å². The molecule has 0 fully saturated rings. The zero-order chi connectivity index (χ0) is 15.4. The highest BCUT2D eigenvalue weighted by atomic mass is 16.5. The maximum absolute atomic E-state index is 12.1. The number of hydrogen-bond donors (Lipinski definition) is 3. The van der Waals surface area contributed by atoms with Gasteiger partial charge in [-0.05, 0) is 18.2 Å². The third-order valence-electron chi connectivity index (χ3n) is 2.82. The van der Waals surface area contributed by atoms with Gasteiger partial charge in [0.1, 0.15) is 5.75 Å². The quantitative estimate of drug-likeness (QED) is 0.333. The highest BCUT2D eigenvalue weighted by Gasteiger charge is 2.12. The fourth-order valence-corrected chi connectivity index (χ4v) is 1.74. The van der Waals surface area contributed by atoms with Gasteiger partial charge in [0, 0.05) is 18.8 Å². The molecule has 1 aromatic carbocycles. The standard InChI is InChI=1S/C13H15N5O3/c1-18-7-9(6-15-18)13(19)16-10-4-3-8(12(14)17-20)5-11(10)21-2/h3-7,20H,1-2H3,(H2,14,17)(H,16,19). The summed E-state index contributed by atoms with van der Waals surface area (Å²) < 4.78 is 6.73. The SMILES string of the molecule is COc1cc(/C(N)=N/O)ccc1NC(=O)c1cnn(C)c1. The topological polar surface area (TPSA) is 115 Å². The van der Waals surface area contributed by atoms with Crippen molar-refractivity contribution < 1.29 is 14.7 Å². The molecular formula is C13H15N5O3. The van der Waals surface area contributed by atoms with Gasteiger partial charge >= 0.3 is 0 Å². The fraction of sp³-hybridized carbons (Fsp3) is 0.154. The number of carbonyl (C=O) groups excluding carboxylic acids is 1. The number of rotatable bonds is 4. The van der Waals surface area contributed by atoms with Gasteiger partial charge in [-0.2, -0.15) is 5.10 Å². The van der Waals surface area contributed by atoms with Gasteiger partial charge in [-0.3, -0.25) is 9.48 Å². The number of nitrogens with two attached hydrogens (primary N) is 1. The van der Waals surface area contributed by atoms with Crippen molar-refractivity contribution in [1.82, 2.24) is 9.78 Å². The molecule has 0 radical (unpaired) electrons. The van der Waals surface area contributed by atoms with E-state index in [0.717, 1.165) is 0 Å². The number of carbonyl (C=O) groups is 1. The summed E-state index contributed by atoms with van der Waals surface area (Å²) in [5, 5.41) is 18.2. The first-order valence-electron chi connectivity index (χ1n) is 6.01. The lowest BCUT2D eigenvalue weighted by atomic mass is 10.1. The Morgan fingerprint density at radius 1 is 1.48 bits per heavy atom. The third-order valence-corrected chi connectivity index (χ3v) is 2.82. The lowest BCUT2D eigenvalue weighted by Crippen LogP contribution is -2.15. The van der Waals surface area contributed by atoms with Gasteiger partial charge in [-0.1, -0.05) is 5.16 Å². The minimum Gasteiger partial charge on any atom is -0.495 e. The molecule has 0 bridgehead atoms. The van der Waals surface area contributed by atoms with Crippen molar-refractivity contribution in [2.45, 2.75) is 0 Å². The first-order valence-corrected chi connectivity index (χ1v) is 6.01. The molecule has 0 spiro atoms. The van der Waals surface area contributed by atoms with Crippen molar-refractivity contribution in [1.29, 1.82) is 0 Å². The second kappa shape index (κ2) is 5.95. The number of methoxy groups -OCH3 is 1. The van der Waals surface area contributed by atoms with E-state index in [2.05, 4.69) is 15.6 Å². The van der Waals surface area contributed by atoms with Crippen LogP contribution in [0.3, 0.4) is 0 Å². The van der Waals surface area contributed by atoms with Crippen molar-refractivity contribution >= 4 is 17.4 Å². The molecule has 0 atom stereocenters. The molecule has 0 aliphatic rings. The van der Waals surface area contributed by atoms with E-state index >= 15 is 0 Å². The highest BCUT2D eigenvalue weighted by molar-refractivity contribution is 6.05. The monoisotopic (exact) mass is 289 g/mol. The lowest BCUT2D eigenvalue weighted by molar-refractivity contribution is 0.102. The van der Waals surface area contributed by atoms with E-state index in [1.165, 1.54) is 18.0 Å². The molecule has 8 heteroatoms. The molecule has 0 aliphatic carbocycles. The Hall–Kier alpha value is -3.03. The van der Waals surface area contributed by atoms with E-state index in [9.17, 15) is 4.79 Å². The normalized spacial score (nSPS) is 11.2. The number of ether oxygens (including phenoxy) is 1. The smallest absolute Gasteiger partial charge is 0.258 e. The average Bonchev–Trinajstić information content (AvgIpc) is 2.93. The minimum absolute atomic E-state index is 0.0431. The van der Waals surface area contributed by atoms with Crippen LogP contribution in [0.1, 0.15) is 15.9 Å². The average molecular weight is 289 g/mol. The Bertz CT molecular complexity index is 693. The van der Waals surface area contributed by atoms with Gasteiger partial charge in [0.15, 0.2) is 5.84 Å². The first-order chi connectivity index (χ1) is 10.0. The number of oxime groups is 1. The maximum Gasteiger partial charge on any atom is 0.258 e. The molecule has 2 aromatic rings. The molecule has 0 aliphatic heterocycles. The van der Waals surface area contributed by atoms with E-state index in [1.807, 2.05) is 0 Å². The second-order valence-corrected chi connectivity index (χ2v) is 4.26. The Morgan fingerprint density at radius 3 is 2.81 bits per heavy atom. The molecular weight excluding hydrogens is 274 g/mol. The highest BCUT2D eigenvalue weighted by Crippen LogP contribution is 2.26. The first kappa shape index (κ1) is 14.4. The molecule has 4 N–H and O–H groups in total. The summed E-state index contributed by atoms with van der Waals surface area (Å²) >= 11 is 0. The van der Waals surface area contributed by atoms with Gasteiger partial charge in [0.05, 0.1) is 24.6 Å². The zero-order valence-electron chi connectivity index (χ0n) is 11.6. The fourth-order valence-electron chi connectivity index (χ4n) is 1.74. The molecule has 0 saturated heterocycles. The largest absolute Gasteiger partial charge is 0.495 e. The van der Waals surface area contributed by atoms with Crippen LogP contribution in [0.4, 0.5) is 5.69 Å². The number of nitrogens with one attached hydrogen (secondary N) is 1.